The first-order valence-electron chi connectivity index (χ1n) is 7.84. The number of carbonyl (C=O) groups excluding carboxylic acids is 3. The molecule has 0 aliphatic rings. The largest absolute Gasteiger partial charge is 0.355 e. The van der Waals surface area contributed by atoms with Gasteiger partial charge in [-0.1, -0.05) is 44.2 Å². The first-order valence-corrected chi connectivity index (χ1v) is 7.84. The van der Waals surface area contributed by atoms with Gasteiger partial charge in [-0.05, 0) is 5.56 Å². The Hall–Kier alpha value is -2.37. The molecular formula is C17H25N3O3. The van der Waals surface area contributed by atoms with E-state index in [2.05, 4.69) is 16.0 Å². The fourth-order valence-corrected chi connectivity index (χ4v) is 1.84. The zero-order valence-electron chi connectivity index (χ0n) is 13.7. The zero-order chi connectivity index (χ0) is 17.1. The Bertz CT molecular complexity index is 515. The van der Waals surface area contributed by atoms with E-state index in [1.54, 1.807) is 0 Å². The SMILES string of the molecule is CC(C)C(=O)NCCNC(=O)CCNC(=O)Cc1ccccc1. The summed E-state index contributed by atoms with van der Waals surface area (Å²) in [5, 5.41) is 8.13. The van der Waals surface area contributed by atoms with Gasteiger partial charge in [0.25, 0.3) is 0 Å². The van der Waals surface area contributed by atoms with Crippen molar-refractivity contribution in [1.82, 2.24) is 16.0 Å². The third-order valence-electron chi connectivity index (χ3n) is 3.15. The summed E-state index contributed by atoms with van der Waals surface area (Å²) in [4.78, 5) is 34.6. The van der Waals surface area contributed by atoms with Gasteiger partial charge in [0.05, 0.1) is 6.42 Å². The monoisotopic (exact) mass is 319 g/mol. The maximum atomic E-state index is 11.7. The Balaban J connectivity index is 2.07. The summed E-state index contributed by atoms with van der Waals surface area (Å²) in [6, 6.07) is 9.44. The molecule has 23 heavy (non-hydrogen) atoms. The Morgan fingerprint density at radius 2 is 1.48 bits per heavy atom. The van der Waals surface area contributed by atoms with Crippen molar-refractivity contribution in [1.29, 1.82) is 0 Å². The molecule has 1 aromatic carbocycles. The highest BCUT2D eigenvalue weighted by Gasteiger charge is 2.07. The number of hydrogen-bond acceptors (Lipinski definition) is 3. The average molecular weight is 319 g/mol. The first-order chi connectivity index (χ1) is 11.0. The average Bonchev–Trinajstić information content (AvgIpc) is 2.52. The van der Waals surface area contributed by atoms with Crippen molar-refractivity contribution in [3.63, 3.8) is 0 Å². The minimum Gasteiger partial charge on any atom is -0.355 e. The molecule has 0 aliphatic carbocycles. The zero-order valence-corrected chi connectivity index (χ0v) is 13.7. The molecular weight excluding hydrogens is 294 g/mol. The molecule has 0 atom stereocenters. The van der Waals surface area contributed by atoms with Crippen molar-refractivity contribution < 1.29 is 14.4 Å². The second kappa shape index (κ2) is 10.4. The van der Waals surface area contributed by atoms with Crippen molar-refractivity contribution in [3.8, 4) is 0 Å². The van der Waals surface area contributed by atoms with Crippen LogP contribution < -0.4 is 16.0 Å². The molecule has 0 aliphatic heterocycles. The van der Waals surface area contributed by atoms with Gasteiger partial charge in [0.1, 0.15) is 0 Å². The number of amides is 3. The van der Waals surface area contributed by atoms with E-state index in [4.69, 9.17) is 0 Å². The van der Waals surface area contributed by atoms with Crippen LogP contribution in [0.1, 0.15) is 25.8 Å². The van der Waals surface area contributed by atoms with Gasteiger partial charge in [-0.15, -0.1) is 0 Å². The molecule has 1 aromatic rings. The van der Waals surface area contributed by atoms with Crippen LogP contribution in [0.3, 0.4) is 0 Å². The number of nitrogens with one attached hydrogen (secondary N) is 3. The highest BCUT2D eigenvalue weighted by molar-refractivity contribution is 5.80. The standard InChI is InChI=1S/C17H25N3O3/c1-13(2)17(23)20-11-10-19-15(21)8-9-18-16(22)12-14-6-4-3-5-7-14/h3-7,13H,8-12H2,1-2H3,(H,18,22)(H,19,21)(H,20,23). The van der Waals surface area contributed by atoms with Crippen molar-refractivity contribution in [2.45, 2.75) is 26.7 Å². The number of hydrogen-bond donors (Lipinski definition) is 3. The summed E-state index contributed by atoms with van der Waals surface area (Å²) in [6.07, 6.45) is 0.530. The summed E-state index contributed by atoms with van der Waals surface area (Å²) in [5.41, 5.74) is 0.940. The molecule has 0 fully saturated rings. The maximum absolute atomic E-state index is 11.7. The summed E-state index contributed by atoms with van der Waals surface area (Å²) in [7, 11) is 0. The fraction of sp³-hybridized carbons (Fsp3) is 0.471. The van der Waals surface area contributed by atoms with Gasteiger partial charge in [0.15, 0.2) is 0 Å². The molecule has 0 aromatic heterocycles. The normalized spacial score (nSPS) is 10.2. The second-order valence-corrected chi connectivity index (χ2v) is 5.56. The quantitative estimate of drug-likeness (QED) is 0.583. The summed E-state index contributed by atoms with van der Waals surface area (Å²) in [6.45, 7) is 4.71. The molecule has 3 amide bonds. The topological polar surface area (TPSA) is 87.3 Å². The van der Waals surface area contributed by atoms with Crippen LogP contribution in [0.5, 0.6) is 0 Å². The van der Waals surface area contributed by atoms with Gasteiger partial charge >= 0.3 is 0 Å². The van der Waals surface area contributed by atoms with Crippen molar-refractivity contribution in [2.24, 2.45) is 5.92 Å². The molecule has 0 radical (unpaired) electrons. The van der Waals surface area contributed by atoms with Crippen LogP contribution >= 0.6 is 0 Å². The molecule has 0 heterocycles. The van der Waals surface area contributed by atoms with Crippen LogP contribution in [0, 0.1) is 5.92 Å². The van der Waals surface area contributed by atoms with E-state index in [9.17, 15) is 14.4 Å². The van der Waals surface area contributed by atoms with Gasteiger partial charge in [-0.2, -0.15) is 0 Å². The highest BCUT2D eigenvalue weighted by atomic mass is 16.2. The van der Waals surface area contributed by atoms with Gasteiger partial charge in [0.2, 0.25) is 17.7 Å². The molecule has 0 saturated carbocycles. The number of rotatable bonds is 9. The lowest BCUT2D eigenvalue weighted by atomic mass is 10.1. The van der Waals surface area contributed by atoms with Crippen molar-refractivity contribution >= 4 is 17.7 Å². The van der Waals surface area contributed by atoms with Crippen LogP contribution in [0.4, 0.5) is 0 Å². The lowest BCUT2D eigenvalue weighted by Crippen LogP contribution is -2.37. The van der Waals surface area contributed by atoms with Crippen LogP contribution in [0.2, 0.25) is 0 Å². The molecule has 1 rings (SSSR count). The van der Waals surface area contributed by atoms with Crippen molar-refractivity contribution in [2.75, 3.05) is 19.6 Å². The highest BCUT2D eigenvalue weighted by Crippen LogP contribution is 1.98. The number of carbonyl (C=O) groups is 3. The van der Waals surface area contributed by atoms with E-state index in [-0.39, 0.29) is 30.1 Å². The third-order valence-corrected chi connectivity index (χ3v) is 3.15. The molecule has 0 bridgehead atoms. The van der Waals surface area contributed by atoms with Gasteiger partial charge in [0, 0.05) is 32.0 Å². The minimum absolute atomic E-state index is 0.0348. The van der Waals surface area contributed by atoms with E-state index in [1.807, 2.05) is 44.2 Å². The third kappa shape index (κ3) is 8.60. The van der Waals surface area contributed by atoms with Crippen LogP contribution in [-0.4, -0.2) is 37.4 Å². The van der Waals surface area contributed by atoms with Gasteiger partial charge in [-0.3, -0.25) is 14.4 Å². The van der Waals surface area contributed by atoms with Crippen LogP contribution in [0.15, 0.2) is 30.3 Å². The molecule has 6 nitrogen and oxygen atoms in total. The number of benzene rings is 1. The molecule has 6 heteroatoms. The Morgan fingerprint density at radius 1 is 0.870 bits per heavy atom. The Labute approximate surface area is 137 Å². The molecule has 0 unspecified atom stereocenters. The van der Waals surface area contributed by atoms with Gasteiger partial charge in [-0.25, -0.2) is 0 Å². The summed E-state index contributed by atoms with van der Waals surface area (Å²) in [5.74, 6) is -0.352. The second-order valence-electron chi connectivity index (χ2n) is 5.56. The minimum atomic E-state index is -0.149. The summed E-state index contributed by atoms with van der Waals surface area (Å²) < 4.78 is 0. The smallest absolute Gasteiger partial charge is 0.224 e. The van der Waals surface area contributed by atoms with E-state index >= 15 is 0 Å². The first kappa shape index (κ1) is 18.7. The predicted molar refractivity (Wildman–Crippen MR) is 88.6 cm³/mol. The lowest BCUT2D eigenvalue weighted by Gasteiger charge is -2.09. The molecule has 0 spiro atoms. The Kier molecular flexibility index (Phi) is 8.42. The van der Waals surface area contributed by atoms with Crippen molar-refractivity contribution in [3.05, 3.63) is 35.9 Å². The van der Waals surface area contributed by atoms with Crippen LogP contribution in [-0.2, 0) is 20.8 Å². The maximum Gasteiger partial charge on any atom is 0.224 e. The predicted octanol–water partition coefficient (Wildman–Crippen LogP) is 0.624. The van der Waals surface area contributed by atoms with Gasteiger partial charge < -0.3 is 16.0 Å². The van der Waals surface area contributed by atoms with E-state index in [1.165, 1.54) is 0 Å². The van der Waals surface area contributed by atoms with Crippen LogP contribution in [0.25, 0.3) is 0 Å². The molecule has 126 valence electrons. The Morgan fingerprint density at radius 3 is 2.13 bits per heavy atom. The van der Waals surface area contributed by atoms with E-state index in [0.717, 1.165) is 5.56 Å². The molecule has 0 saturated heterocycles. The fourth-order valence-electron chi connectivity index (χ4n) is 1.84. The lowest BCUT2D eigenvalue weighted by molar-refractivity contribution is -0.125. The van der Waals surface area contributed by atoms with E-state index < -0.39 is 0 Å². The van der Waals surface area contributed by atoms with E-state index in [0.29, 0.717) is 26.1 Å². The summed E-state index contributed by atoms with van der Waals surface area (Å²) >= 11 is 0. The molecule has 3 N–H and O–H groups in total.